The van der Waals surface area contributed by atoms with E-state index >= 15 is 0 Å². The van der Waals surface area contributed by atoms with Gasteiger partial charge in [-0.3, -0.25) is 9.59 Å². The molecule has 2 aromatic heterocycles. The lowest BCUT2D eigenvalue weighted by atomic mass is 9.99. The SMILES string of the molecule is O=C(CCC(=O)N1CCn2cccc2C1c1ccccc1)NCc1cccs1. The summed E-state index contributed by atoms with van der Waals surface area (Å²) in [4.78, 5) is 28.2. The number of benzene rings is 1. The number of carbonyl (C=O) groups is 2. The molecule has 1 unspecified atom stereocenters. The highest BCUT2D eigenvalue weighted by Gasteiger charge is 2.31. The van der Waals surface area contributed by atoms with Crippen LogP contribution in [0.5, 0.6) is 0 Å². The molecule has 0 fully saturated rings. The monoisotopic (exact) mass is 393 g/mol. The predicted octanol–water partition coefficient (Wildman–Crippen LogP) is 3.58. The van der Waals surface area contributed by atoms with Crippen molar-refractivity contribution < 1.29 is 9.59 Å². The van der Waals surface area contributed by atoms with E-state index in [9.17, 15) is 9.59 Å². The molecule has 1 N–H and O–H groups in total. The maximum atomic E-state index is 13.0. The first kappa shape index (κ1) is 18.5. The molecule has 3 aromatic rings. The summed E-state index contributed by atoms with van der Waals surface area (Å²) in [7, 11) is 0. The summed E-state index contributed by atoms with van der Waals surface area (Å²) in [6, 6.07) is 18.0. The van der Waals surface area contributed by atoms with Crippen LogP contribution in [0.2, 0.25) is 0 Å². The van der Waals surface area contributed by atoms with E-state index in [1.54, 1.807) is 11.3 Å². The van der Waals surface area contributed by atoms with Crippen molar-refractivity contribution in [2.24, 2.45) is 0 Å². The second-order valence-electron chi connectivity index (χ2n) is 6.88. The van der Waals surface area contributed by atoms with Crippen LogP contribution >= 0.6 is 11.3 Å². The summed E-state index contributed by atoms with van der Waals surface area (Å²) in [5.74, 6) is -0.0639. The molecule has 4 rings (SSSR count). The lowest BCUT2D eigenvalue weighted by Gasteiger charge is -2.37. The van der Waals surface area contributed by atoms with Crippen molar-refractivity contribution in [3.8, 4) is 0 Å². The molecule has 0 aliphatic carbocycles. The Kier molecular flexibility index (Phi) is 5.58. The highest BCUT2D eigenvalue weighted by molar-refractivity contribution is 7.09. The number of thiophene rings is 1. The van der Waals surface area contributed by atoms with Crippen molar-refractivity contribution in [1.29, 1.82) is 0 Å². The first-order valence-corrected chi connectivity index (χ1v) is 10.4. The minimum absolute atomic E-state index is 0.0209. The van der Waals surface area contributed by atoms with Crippen LogP contribution in [0.1, 0.15) is 35.0 Å². The third-order valence-corrected chi connectivity index (χ3v) is 5.96. The van der Waals surface area contributed by atoms with E-state index in [-0.39, 0.29) is 30.7 Å². The van der Waals surface area contributed by atoms with Crippen LogP contribution in [0.4, 0.5) is 0 Å². The van der Waals surface area contributed by atoms with Crippen LogP contribution in [0.25, 0.3) is 0 Å². The van der Waals surface area contributed by atoms with E-state index in [1.165, 1.54) is 0 Å². The molecule has 0 saturated carbocycles. The van der Waals surface area contributed by atoms with Gasteiger partial charge in [0.15, 0.2) is 0 Å². The summed E-state index contributed by atoms with van der Waals surface area (Å²) in [5.41, 5.74) is 2.21. The Hall–Kier alpha value is -2.86. The van der Waals surface area contributed by atoms with E-state index in [1.807, 2.05) is 46.7 Å². The summed E-state index contributed by atoms with van der Waals surface area (Å²) >= 11 is 1.61. The fourth-order valence-corrected chi connectivity index (χ4v) is 4.33. The lowest BCUT2D eigenvalue weighted by Crippen LogP contribution is -2.42. The first-order valence-electron chi connectivity index (χ1n) is 9.51. The van der Waals surface area contributed by atoms with Gasteiger partial charge in [0.05, 0.1) is 12.6 Å². The van der Waals surface area contributed by atoms with Crippen LogP contribution in [-0.4, -0.2) is 27.8 Å². The van der Waals surface area contributed by atoms with Gasteiger partial charge in [0.2, 0.25) is 11.8 Å². The number of nitrogens with one attached hydrogen (secondary N) is 1. The standard InChI is InChI=1S/C22H23N3O2S/c26-20(23-16-18-8-5-15-28-18)10-11-21(27)25-14-13-24-12-4-9-19(24)22(25)17-6-2-1-3-7-17/h1-9,12,15,22H,10-11,13-14,16H2,(H,23,26). The predicted molar refractivity (Wildman–Crippen MR) is 110 cm³/mol. The molecule has 0 spiro atoms. The minimum Gasteiger partial charge on any atom is -0.351 e. The molecule has 28 heavy (non-hydrogen) atoms. The van der Waals surface area contributed by atoms with Gasteiger partial charge in [-0.25, -0.2) is 0 Å². The van der Waals surface area contributed by atoms with E-state index in [0.29, 0.717) is 13.1 Å². The molecule has 1 atom stereocenters. The zero-order chi connectivity index (χ0) is 19.3. The van der Waals surface area contributed by atoms with Gasteiger partial charge in [-0.1, -0.05) is 36.4 Å². The maximum absolute atomic E-state index is 13.0. The number of hydrogen-bond acceptors (Lipinski definition) is 3. The maximum Gasteiger partial charge on any atom is 0.223 e. The van der Waals surface area contributed by atoms with Crippen molar-refractivity contribution >= 4 is 23.2 Å². The molecule has 3 heterocycles. The Bertz CT molecular complexity index is 934. The number of nitrogens with zero attached hydrogens (tertiary/aromatic N) is 2. The van der Waals surface area contributed by atoms with Gasteiger partial charge in [-0.2, -0.15) is 0 Å². The topological polar surface area (TPSA) is 54.3 Å². The highest BCUT2D eigenvalue weighted by atomic mass is 32.1. The summed E-state index contributed by atoms with van der Waals surface area (Å²) in [6.07, 6.45) is 2.49. The second-order valence-corrected chi connectivity index (χ2v) is 7.92. The molecule has 1 aliphatic rings. The average Bonchev–Trinajstić information content (AvgIpc) is 3.42. The van der Waals surface area contributed by atoms with Crippen LogP contribution in [0.15, 0.2) is 66.2 Å². The van der Waals surface area contributed by atoms with Crippen LogP contribution in [0, 0.1) is 0 Å². The quantitative estimate of drug-likeness (QED) is 0.696. The zero-order valence-corrected chi connectivity index (χ0v) is 16.4. The summed E-state index contributed by atoms with van der Waals surface area (Å²) in [6.45, 7) is 1.95. The van der Waals surface area contributed by atoms with E-state index in [2.05, 4.69) is 34.3 Å². The molecular weight excluding hydrogens is 370 g/mol. The average molecular weight is 394 g/mol. The Morgan fingerprint density at radius 2 is 1.86 bits per heavy atom. The van der Waals surface area contributed by atoms with Crippen molar-refractivity contribution in [1.82, 2.24) is 14.8 Å². The molecule has 0 radical (unpaired) electrons. The molecular formula is C22H23N3O2S. The van der Waals surface area contributed by atoms with Crippen molar-refractivity contribution in [3.05, 3.63) is 82.3 Å². The van der Waals surface area contributed by atoms with Gasteiger partial charge < -0.3 is 14.8 Å². The summed E-state index contributed by atoms with van der Waals surface area (Å²) < 4.78 is 2.20. The molecule has 6 heteroatoms. The first-order chi connectivity index (χ1) is 13.7. The number of hydrogen-bond donors (Lipinski definition) is 1. The largest absolute Gasteiger partial charge is 0.351 e. The molecule has 5 nitrogen and oxygen atoms in total. The van der Waals surface area contributed by atoms with E-state index < -0.39 is 0 Å². The number of fused-ring (bicyclic) bond motifs is 1. The molecule has 1 aliphatic heterocycles. The third-order valence-electron chi connectivity index (χ3n) is 5.08. The molecule has 2 amide bonds. The van der Waals surface area contributed by atoms with Gasteiger partial charge in [0, 0.05) is 42.7 Å². The van der Waals surface area contributed by atoms with Crippen molar-refractivity contribution in [2.45, 2.75) is 32.0 Å². The Labute approximate surface area is 168 Å². The Morgan fingerprint density at radius 3 is 2.64 bits per heavy atom. The second kappa shape index (κ2) is 8.44. The van der Waals surface area contributed by atoms with Crippen molar-refractivity contribution in [2.75, 3.05) is 6.54 Å². The minimum atomic E-state index is -0.105. The Morgan fingerprint density at radius 1 is 1.00 bits per heavy atom. The van der Waals surface area contributed by atoms with Crippen molar-refractivity contribution in [3.63, 3.8) is 0 Å². The number of amides is 2. The molecule has 1 aromatic carbocycles. The van der Waals surface area contributed by atoms with Crippen LogP contribution in [-0.2, 0) is 22.7 Å². The lowest BCUT2D eigenvalue weighted by molar-refractivity contribution is -0.136. The third kappa shape index (κ3) is 4.02. The van der Waals surface area contributed by atoms with E-state index in [4.69, 9.17) is 0 Å². The van der Waals surface area contributed by atoms with Gasteiger partial charge in [0.25, 0.3) is 0 Å². The number of aromatic nitrogens is 1. The fourth-order valence-electron chi connectivity index (χ4n) is 3.69. The molecule has 144 valence electrons. The summed E-state index contributed by atoms with van der Waals surface area (Å²) in [5, 5.41) is 4.88. The van der Waals surface area contributed by atoms with Gasteiger partial charge in [-0.05, 0) is 29.1 Å². The van der Waals surface area contributed by atoms with E-state index in [0.717, 1.165) is 22.7 Å². The van der Waals surface area contributed by atoms with Gasteiger partial charge >= 0.3 is 0 Å². The number of rotatable bonds is 6. The molecule has 0 saturated heterocycles. The van der Waals surface area contributed by atoms with Gasteiger partial charge in [-0.15, -0.1) is 11.3 Å². The van der Waals surface area contributed by atoms with Crippen LogP contribution in [0.3, 0.4) is 0 Å². The van der Waals surface area contributed by atoms with Crippen LogP contribution < -0.4 is 5.32 Å². The van der Waals surface area contributed by atoms with Gasteiger partial charge in [0.1, 0.15) is 0 Å². The zero-order valence-electron chi connectivity index (χ0n) is 15.6. The normalized spacial score (nSPS) is 15.9. The highest BCUT2D eigenvalue weighted by Crippen LogP contribution is 2.32. The fraction of sp³-hybridized carbons (Fsp3) is 0.273. The Balaban J connectivity index is 1.42. The number of carbonyl (C=O) groups excluding carboxylic acids is 2. The smallest absolute Gasteiger partial charge is 0.223 e. The molecule has 0 bridgehead atoms.